The minimum Gasteiger partial charge on any atom is -0.460 e. The average molecular weight is 768 g/mol. The van der Waals surface area contributed by atoms with Crippen LogP contribution in [0.15, 0.2) is 102 Å². The maximum absolute atomic E-state index is 9.90. The molecule has 7 atom stereocenters. The van der Waals surface area contributed by atoms with E-state index in [2.05, 4.69) is 68.1 Å². The molecule has 0 radical (unpaired) electrons. The first-order valence-corrected chi connectivity index (χ1v) is 21.4. The van der Waals surface area contributed by atoms with Gasteiger partial charge in [0.05, 0.1) is 30.1 Å². The lowest BCUT2D eigenvalue weighted by molar-refractivity contribution is -0.223. The molecule has 7 unspecified atom stereocenters. The number of aliphatic hydroxyl groups is 2. The molecule has 9 heteroatoms. The van der Waals surface area contributed by atoms with Crippen molar-refractivity contribution in [1.29, 1.82) is 0 Å². The van der Waals surface area contributed by atoms with Crippen LogP contribution >= 0.6 is 11.8 Å². The average Bonchev–Trinajstić information content (AvgIpc) is 3.22. The molecule has 2 N–H and O–H groups in total. The van der Waals surface area contributed by atoms with Crippen LogP contribution in [-0.2, 0) is 14.3 Å². The molecule has 3 aromatic carbocycles. The molecule has 2 aliphatic carbocycles. The van der Waals surface area contributed by atoms with E-state index in [9.17, 15) is 10.2 Å². The Balaban J connectivity index is 1.33. The van der Waals surface area contributed by atoms with Crippen molar-refractivity contribution in [1.82, 2.24) is 0 Å². The van der Waals surface area contributed by atoms with E-state index in [1.165, 1.54) is 0 Å². The molecular formula is C46H57NO7S. The number of nitrogens with zero attached hydrogens (tertiary/aromatic N) is 1. The number of hydrogen-bond donors (Lipinski definition) is 2. The molecule has 2 fully saturated rings. The number of fused-ring (bicyclic) bond motifs is 2. The third kappa shape index (κ3) is 8.87. The number of allylic oxidation sites excluding steroid dienone is 1. The van der Waals surface area contributed by atoms with E-state index in [1.54, 1.807) is 0 Å². The van der Waals surface area contributed by atoms with Gasteiger partial charge < -0.3 is 34.0 Å². The Morgan fingerprint density at radius 1 is 0.927 bits per heavy atom. The Bertz CT molecular complexity index is 1760. The van der Waals surface area contributed by atoms with Crippen molar-refractivity contribution < 1.29 is 34.0 Å². The fourth-order valence-electron chi connectivity index (χ4n) is 9.14. The van der Waals surface area contributed by atoms with E-state index < -0.39 is 5.79 Å². The monoisotopic (exact) mass is 767 g/mol. The molecule has 0 aromatic heterocycles. The van der Waals surface area contributed by atoms with E-state index in [0.29, 0.717) is 19.6 Å². The number of hydrogen-bond acceptors (Lipinski definition) is 9. The lowest BCUT2D eigenvalue weighted by Crippen LogP contribution is -2.64. The highest BCUT2D eigenvalue weighted by atomic mass is 32.2. The van der Waals surface area contributed by atoms with Crippen LogP contribution in [0.1, 0.15) is 82.6 Å². The molecule has 4 aliphatic rings. The van der Waals surface area contributed by atoms with E-state index >= 15 is 0 Å². The first kappa shape index (κ1) is 39.6. The quantitative estimate of drug-likeness (QED) is 0.0750. The first-order valence-electron chi connectivity index (χ1n) is 20.4. The normalized spacial score (nSPS) is 27.7. The zero-order valence-electron chi connectivity index (χ0n) is 32.2. The number of rotatable bonds is 18. The largest absolute Gasteiger partial charge is 0.460 e. The highest BCUT2D eigenvalue weighted by molar-refractivity contribution is 8.00. The van der Waals surface area contributed by atoms with Gasteiger partial charge >= 0.3 is 0 Å². The molecule has 2 heterocycles. The maximum Gasteiger partial charge on any atom is 0.230 e. The van der Waals surface area contributed by atoms with Crippen LogP contribution in [-0.4, -0.2) is 65.4 Å². The third-order valence-electron chi connectivity index (χ3n) is 11.6. The van der Waals surface area contributed by atoms with Crippen molar-refractivity contribution in [2.45, 2.75) is 94.4 Å². The van der Waals surface area contributed by atoms with Crippen molar-refractivity contribution in [3.05, 3.63) is 103 Å². The van der Waals surface area contributed by atoms with Gasteiger partial charge in [0.15, 0.2) is 0 Å². The van der Waals surface area contributed by atoms with E-state index in [0.717, 1.165) is 109 Å². The molecule has 0 spiro atoms. The lowest BCUT2D eigenvalue weighted by atomic mass is 9.56. The molecule has 0 bridgehead atoms. The standard InChI is InChI=1S/C46H57NO7S/c1-3-27-51-46-42(55-4-2)31-40(47-54-43-18-10-13-28-50-43)38-29-34(16-8-11-25-48)37(17-9-12-26-49)44(45(38)46)39-30-36(23-24-41(39)53-46)52-35-21-19-33(20-22-35)32-14-6-5-7-15-32/h3,5-7,14-15,19-24,29-30,34,37,42-45,48-49H,1,4,8-13,16-18,25-28,31H2,2H3. The predicted molar refractivity (Wildman–Crippen MR) is 220 cm³/mol. The van der Waals surface area contributed by atoms with Gasteiger partial charge in [-0.05, 0) is 103 Å². The second-order valence-corrected chi connectivity index (χ2v) is 16.6. The van der Waals surface area contributed by atoms with Gasteiger partial charge in [0.2, 0.25) is 12.1 Å². The van der Waals surface area contributed by atoms with Crippen molar-refractivity contribution in [2.75, 3.05) is 32.2 Å². The summed E-state index contributed by atoms with van der Waals surface area (Å²) < 4.78 is 26.8. The number of ether oxygens (including phenoxy) is 4. The summed E-state index contributed by atoms with van der Waals surface area (Å²) in [5.74, 6) is 2.50. The van der Waals surface area contributed by atoms with Gasteiger partial charge in [0.1, 0.15) is 17.2 Å². The SMILES string of the molecule is C=CCOC12Oc3ccc(Oc4ccc(-c5ccccc5)cc4)cc3C3C(CCCCO)C(CCCCO)C=C(C(=NOC4CCCCO4)CC1SCC)C32. The van der Waals surface area contributed by atoms with Crippen molar-refractivity contribution in [3.63, 3.8) is 0 Å². The van der Waals surface area contributed by atoms with Gasteiger partial charge in [-0.3, -0.25) is 0 Å². The smallest absolute Gasteiger partial charge is 0.230 e. The summed E-state index contributed by atoms with van der Waals surface area (Å²) >= 11 is 1.85. The molecule has 1 saturated carbocycles. The number of oxime groups is 1. The Morgan fingerprint density at radius 3 is 2.42 bits per heavy atom. The third-order valence-corrected chi connectivity index (χ3v) is 12.8. The van der Waals surface area contributed by atoms with Crippen LogP contribution in [0.4, 0.5) is 0 Å². The highest BCUT2D eigenvalue weighted by Crippen LogP contribution is 2.62. The zero-order chi connectivity index (χ0) is 38.0. The van der Waals surface area contributed by atoms with Crippen LogP contribution in [0, 0.1) is 17.8 Å². The van der Waals surface area contributed by atoms with Gasteiger partial charge in [-0.15, -0.1) is 6.58 Å². The second kappa shape index (κ2) is 19.0. The minimum absolute atomic E-state index is 0.00628. The molecular weight excluding hydrogens is 711 g/mol. The zero-order valence-corrected chi connectivity index (χ0v) is 33.0. The Labute approximate surface area is 330 Å². The molecule has 55 heavy (non-hydrogen) atoms. The summed E-state index contributed by atoms with van der Waals surface area (Å²) in [4.78, 5) is 6.20. The predicted octanol–water partition coefficient (Wildman–Crippen LogP) is 10.1. The number of aliphatic hydroxyl groups excluding tert-OH is 2. The van der Waals surface area contributed by atoms with Crippen LogP contribution in [0.5, 0.6) is 17.2 Å². The van der Waals surface area contributed by atoms with E-state index in [1.807, 2.05) is 42.1 Å². The molecule has 294 valence electrons. The van der Waals surface area contributed by atoms with Gasteiger partial charge in [0, 0.05) is 37.5 Å². The molecule has 7 rings (SSSR count). The van der Waals surface area contributed by atoms with Gasteiger partial charge in [-0.2, -0.15) is 11.8 Å². The highest BCUT2D eigenvalue weighted by Gasteiger charge is 2.63. The molecule has 3 aromatic rings. The minimum atomic E-state index is -0.973. The summed E-state index contributed by atoms with van der Waals surface area (Å²) in [6.07, 6.45) is 12.6. The van der Waals surface area contributed by atoms with Crippen LogP contribution in [0.3, 0.4) is 0 Å². The van der Waals surface area contributed by atoms with Gasteiger partial charge in [-0.1, -0.05) is 79.5 Å². The molecule has 2 aliphatic heterocycles. The van der Waals surface area contributed by atoms with Crippen molar-refractivity contribution >= 4 is 17.5 Å². The van der Waals surface area contributed by atoms with Crippen LogP contribution in [0.2, 0.25) is 0 Å². The number of thioether (sulfide) groups is 1. The molecule has 8 nitrogen and oxygen atoms in total. The number of benzene rings is 3. The lowest BCUT2D eigenvalue weighted by Gasteiger charge is -2.58. The summed E-state index contributed by atoms with van der Waals surface area (Å²) in [6.45, 7) is 7.58. The maximum atomic E-state index is 9.90. The number of unbranched alkanes of at least 4 members (excludes halogenated alkanes) is 2. The molecule has 1 saturated heterocycles. The Hall–Kier alpha value is -3.60. The summed E-state index contributed by atoms with van der Waals surface area (Å²) in [5, 5.41) is 24.6. The van der Waals surface area contributed by atoms with Gasteiger partial charge in [-0.25, -0.2) is 0 Å². The first-order chi connectivity index (χ1) is 27.1. The van der Waals surface area contributed by atoms with Crippen molar-refractivity contribution in [2.24, 2.45) is 22.9 Å². The van der Waals surface area contributed by atoms with Crippen molar-refractivity contribution in [3.8, 4) is 28.4 Å². The fourth-order valence-corrected chi connectivity index (χ4v) is 10.3. The molecule has 0 amide bonds. The summed E-state index contributed by atoms with van der Waals surface area (Å²) in [5.41, 5.74) is 5.46. The summed E-state index contributed by atoms with van der Waals surface area (Å²) in [6, 6.07) is 24.8. The Morgan fingerprint density at radius 2 is 1.69 bits per heavy atom. The second-order valence-electron chi connectivity index (χ2n) is 15.1. The summed E-state index contributed by atoms with van der Waals surface area (Å²) in [7, 11) is 0. The van der Waals surface area contributed by atoms with E-state index in [4.69, 9.17) is 28.9 Å². The Kier molecular flexibility index (Phi) is 13.7. The topological polar surface area (TPSA) is 99.0 Å². The van der Waals surface area contributed by atoms with E-state index in [-0.39, 0.29) is 48.4 Å². The van der Waals surface area contributed by atoms with Crippen LogP contribution < -0.4 is 9.47 Å². The van der Waals surface area contributed by atoms with Gasteiger partial charge in [0.25, 0.3) is 0 Å². The van der Waals surface area contributed by atoms with Crippen LogP contribution in [0.25, 0.3) is 11.1 Å². The fraction of sp³-hybridized carbons (Fsp3) is 0.500.